The first-order chi connectivity index (χ1) is 7.31. The second kappa shape index (κ2) is 5.37. The van der Waals surface area contributed by atoms with E-state index in [1.807, 2.05) is 0 Å². The minimum atomic E-state index is 1.03. The van der Waals surface area contributed by atoms with E-state index in [2.05, 4.69) is 13.8 Å². The van der Waals surface area contributed by atoms with Crippen molar-refractivity contribution in [2.24, 2.45) is 23.7 Å². The van der Waals surface area contributed by atoms with Gasteiger partial charge in [-0.25, -0.2) is 0 Å². The highest BCUT2D eigenvalue weighted by Gasteiger charge is 2.31. The Labute approximate surface area is 95.8 Å². The maximum atomic E-state index is 2.51. The minimum Gasteiger partial charge on any atom is -0.0651 e. The second-order valence-corrected chi connectivity index (χ2v) is 6.11. The molecule has 0 aromatic rings. The molecule has 0 saturated heterocycles. The smallest absolute Gasteiger partial charge is 0.0360 e. The molecule has 0 spiro atoms. The summed E-state index contributed by atoms with van der Waals surface area (Å²) < 4.78 is 0. The zero-order valence-electron chi connectivity index (χ0n) is 10.7. The Kier molecular flexibility index (Phi) is 4.11. The maximum absolute atomic E-state index is 2.51. The van der Waals surface area contributed by atoms with Gasteiger partial charge in [0.1, 0.15) is 0 Å². The summed E-state index contributed by atoms with van der Waals surface area (Å²) in [4.78, 5) is 0. The van der Waals surface area contributed by atoms with Gasteiger partial charge in [0.05, 0.1) is 0 Å². The van der Waals surface area contributed by atoms with Gasteiger partial charge in [-0.05, 0) is 42.9 Å². The Hall–Kier alpha value is 0. The van der Waals surface area contributed by atoms with Gasteiger partial charge in [-0.2, -0.15) is 0 Å². The van der Waals surface area contributed by atoms with Crippen LogP contribution in [0.5, 0.6) is 0 Å². The van der Waals surface area contributed by atoms with Gasteiger partial charge in [0.25, 0.3) is 0 Å². The molecule has 0 heteroatoms. The maximum Gasteiger partial charge on any atom is -0.0360 e. The van der Waals surface area contributed by atoms with Crippen molar-refractivity contribution >= 4 is 0 Å². The summed E-state index contributed by atoms with van der Waals surface area (Å²) >= 11 is 0. The largest absolute Gasteiger partial charge is 0.0651 e. The summed E-state index contributed by atoms with van der Waals surface area (Å²) in [5, 5.41) is 0. The fourth-order valence-electron chi connectivity index (χ4n) is 4.07. The van der Waals surface area contributed by atoms with Crippen molar-refractivity contribution in [2.75, 3.05) is 0 Å². The lowest BCUT2D eigenvalue weighted by molar-refractivity contribution is 0.121. The van der Waals surface area contributed by atoms with Crippen LogP contribution < -0.4 is 0 Å². The highest BCUT2D eigenvalue weighted by molar-refractivity contribution is 4.82. The molecule has 2 fully saturated rings. The molecule has 88 valence electrons. The van der Waals surface area contributed by atoms with Crippen LogP contribution in [0.15, 0.2) is 0 Å². The molecule has 2 rings (SSSR count). The van der Waals surface area contributed by atoms with Crippen LogP contribution in [-0.4, -0.2) is 0 Å². The van der Waals surface area contributed by atoms with Gasteiger partial charge in [0.2, 0.25) is 0 Å². The van der Waals surface area contributed by atoms with Gasteiger partial charge in [-0.3, -0.25) is 0 Å². The van der Waals surface area contributed by atoms with Crippen LogP contribution in [0.4, 0.5) is 0 Å². The fourth-order valence-corrected chi connectivity index (χ4v) is 4.07. The first-order valence-electron chi connectivity index (χ1n) is 7.31. The normalized spacial score (nSPS) is 42.8. The molecule has 0 nitrogen and oxygen atoms in total. The molecule has 2 atom stereocenters. The first-order valence-corrected chi connectivity index (χ1v) is 7.31. The Morgan fingerprint density at radius 3 is 2.13 bits per heavy atom. The summed E-state index contributed by atoms with van der Waals surface area (Å²) in [7, 11) is 0. The van der Waals surface area contributed by atoms with E-state index in [4.69, 9.17) is 0 Å². The molecule has 0 bridgehead atoms. The molecule has 15 heavy (non-hydrogen) atoms. The summed E-state index contributed by atoms with van der Waals surface area (Å²) in [5.74, 6) is 4.29. The summed E-state index contributed by atoms with van der Waals surface area (Å²) in [6, 6.07) is 0. The molecule has 0 radical (unpaired) electrons. The van der Waals surface area contributed by atoms with E-state index >= 15 is 0 Å². The highest BCUT2D eigenvalue weighted by atomic mass is 14.4. The molecule has 2 saturated carbocycles. The zero-order chi connectivity index (χ0) is 10.7. The van der Waals surface area contributed by atoms with E-state index in [-0.39, 0.29) is 0 Å². The first kappa shape index (κ1) is 11.5. The molecular weight excluding hydrogens is 180 g/mol. The van der Waals surface area contributed by atoms with E-state index in [0.29, 0.717) is 0 Å². The Morgan fingerprint density at radius 2 is 1.53 bits per heavy atom. The molecule has 0 aliphatic heterocycles. The van der Waals surface area contributed by atoms with Crippen LogP contribution in [0.2, 0.25) is 0 Å². The van der Waals surface area contributed by atoms with Gasteiger partial charge in [0, 0.05) is 0 Å². The molecule has 0 heterocycles. The third-order valence-electron chi connectivity index (χ3n) is 5.25. The SMILES string of the molecule is CCC1CCC(C2CCCCC2C)CC1. The highest BCUT2D eigenvalue weighted by Crippen LogP contribution is 2.42. The van der Waals surface area contributed by atoms with Crippen LogP contribution in [-0.2, 0) is 0 Å². The third-order valence-corrected chi connectivity index (χ3v) is 5.25. The van der Waals surface area contributed by atoms with Gasteiger partial charge in [-0.1, -0.05) is 52.4 Å². The van der Waals surface area contributed by atoms with Crippen LogP contribution in [0.25, 0.3) is 0 Å². The Bertz CT molecular complexity index is 176. The van der Waals surface area contributed by atoms with Gasteiger partial charge in [-0.15, -0.1) is 0 Å². The third kappa shape index (κ3) is 2.77. The van der Waals surface area contributed by atoms with Crippen LogP contribution in [0.3, 0.4) is 0 Å². The van der Waals surface area contributed by atoms with Crippen molar-refractivity contribution in [2.45, 2.75) is 71.6 Å². The van der Waals surface area contributed by atoms with Gasteiger partial charge in [0.15, 0.2) is 0 Å². The molecule has 2 aliphatic carbocycles. The average molecular weight is 208 g/mol. The number of hydrogen-bond donors (Lipinski definition) is 0. The van der Waals surface area contributed by atoms with E-state index in [9.17, 15) is 0 Å². The number of hydrogen-bond acceptors (Lipinski definition) is 0. The van der Waals surface area contributed by atoms with Crippen LogP contribution in [0, 0.1) is 23.7 Å². The summed E-state index contributed by atoms with van der Waals surface area (Å²) in [6.07, 6.45) is 13.7. The van der Waals surface area contributed by atoms with E-state index < -0.39 is 0 Å². The van der Waals surface area contributed by atoms with Crippen molar-refractivity contribution in [3.8, 4) is 0 Å². The summed E-state index contributed by atoms with van der Waals surface area (Å²) in [6.45, 7) is 4.88. The van der Waals surface area contributed by atoms with Crippen molar-refractivity contribution in [1.29, 1.82) is 0 Å². The molecule has 0 amide bonds. The molecule has 2 aliphatic rings. The predicted molar refractivity (Wildman–Crippen MR) is 66.9 cm³/mol. The average Bonchev–Trinajstić information content (AvgIpc) is 2.30. The number of rotatable bonds is 2. The van der Waals surface area contributed by atoms with Crippen molar-refractivity contribution in [3.63, 3.8) is 0 Å². The minimum absolute atomic E-state index is 1.03. The Balaban J connectivity index is 1.83. The molecular formula is C15H28. The van der Waals surface area contributed by atoms with Gasteiger partial charge < -0.3 is 0 Å². The topological polar surface area (TPSA) is 0 Å². The lowest BCUT2D eigenvalue weighted by Gasteiger charge is -2.39. The lowest BCUT2D eigenvalue weighted by atomic mass is 9.67. The zero-order valence-corrected chi connectivity index (χ0v) is 10.7. The molecule has 0 N–H and O–H groups in total. The predicted octanol–water partition coefficient (Wildman–Crippen LogP) is 5.03. The van der Waals surface area contributed by atoms with E-state index in [0.717, 1.165) is 23.7 Å². The van der Waals surface area contributed by atoms with Crippen molar-refractivity contribution in [3.05, 3.63) is 0 Å². The van der Waals surface area contributed by atoms with Crippen LogP contribution >= 0.6 is 0 Å². The second-order valence-electron chi connectivity index (χ2n) is 6.11. The quantitative estimate of drug-likeness (QED) is 0.597. The fraction of sp³-hybridized carbons (Fsp3) is 1.00. The van der Waals surface area contributed by atoms with Crippen molar-refractivity contribution in [1.82, 2.24) is 0 Å². The molecule has 0 aromatic carbocycles. The van der Waals surface area contributed by atoms with Crippen molar-refractivity contribution < 1.29 is 0 Å². The molecule has 2 unspecified atom stereocenters. The van der Waals surface area contributed by atoms with E-state index in [1.165, 1.54) is 38.5 Å². The van der Waals surface area contributed by atoms with Gasteiger partial charge >= 0.3 is 0 Å². The van der Waals surface area contributed by atoms with Crippen LogP contribution in [0.1, 0.15) is 71.6 Å². The monoisotopic (exact) mass is 208 g/mol. The Morgan fingerprint density at radius 1 is 0.867 bits per heavy atom. The lowest BCUT2D eigenvalue weighted by Crippen LogP contribution is -2.28. The van der Waals surface area contributed by atoms with E-state index in [1.54, 1.807) is 19.3 Å². The standard InChI is InChI=1S/C15H28/c1-3-13-8-10-14(11-9-13)15-7-5-4-6-12(15)2/h12-15H,3-11H2,1-2H3. The molecule has 0 aromatic heterocycles. The summed E-state index contributed by atoms with van der Waals surface area (Å²) in [5.41, 5.74) is 0.